The minimum atomic E-state index is -0.508. The second-order valence-electron chi connectivity index (χ2n) is 9.08. The summed E-state index contributed by atoms with van der Waals surface area (Å²) in [7, 11) is 1.75. The number of ether oxygens (including phenoxy) is 1. The zero-order valence-corrected chi connectivity index (χ0v) is 20.4. The Morgan fingerprint density at radius 2 is 1.91 bits per heavy atom. The van der Waals surface area contributed by atoms with Gasteiger partial charge < -0.3 is 10.1 Å². The summed E-state index contributed by atoms with van der Waals surface area (Å²) in [5.74, 6) is 6.52. The molecule has 2 heterocycles. The van der Waals surface area contributed by atoms with Crippen molar-refractivity contribution in [2.45, 2.75) is 25.9 Å². The van der Waals surface area contributed by atoms with Crippen molar-refractivity contribution < 1.29 is 9.53 Å². The average Bonchev–Trinajstić information content (AvgIpc) is 3.69. The van der Waals surface area contributed by atoms with E-state index in [2.05, 4.69) is 33.2 Å². The van der Waals surface area contributed by atoms with Gasteiger partial charge in [0.05, 0.1) is 29.7 Å². The number of fused-ring (bicyclic) bond motifs is 1. The van der Waals surface area contributed by atoms with E-state index in [1.54, 1.807) is 23.9 Å². The van der Waals surface area contributed by atoms with Crippen LogP contribution in [0, 0.1) is 17.8 Å². The average molecular weight is 491 g/mol. The van der Waals surface area contributed by atoms with Gasteiger partial charge in [-0.3, -0.25) is 19.2 Å². The number of morpholine rings is 1. The number of rotatable bonds is 5. The number of benzene rings is 2. The van der Waals surface area contributed by atoms with E-state index < -0.39 is 5.91 Å². The Morgan fingerprint density at radius 3 is 2.63 bits per heavy atom. The smallest absolute Gasteiger partial charge is 0.276 e. The standard InChI is InChI=1S/C27H27ClN4O3/c1-31-25-21(7-4-18-2-3-18)14-20(17-32-10-12-35-13-11-32)15-23(25)26(33)24(30-31)27(34)29-16-19-5-8-22(28)9-6-19/h5-6,8-9,14-15,18H,2-3,10-13,16-17H2,1H3,(H,29,34). The summed E-state index contributed by atoms with van der Waals surface area (Å²) in [6.07, 6.45) is 2.24. The van der Waals surface area contributed by atoms with E-state index in [1.165, 1.54) is 0 Å². The minimum absolute atomic E-state index is 0.126. The first-order valence-electron chi connectivity index (χ1n) is 11.9. The second kappa shape index (κ2) is 10.2. The highest BCUT2D eigenvalue weighted by molar-refractivity contribution is 6.30. The van der Waals surface area contributed by atoms with Crippen molar-refractivity contribution in [3.8, 4) is 11.8 Å². The van der Waals surface area contributed by atoms with Crippen LogP contribution >= 0.6 is 11.6 Å². The molecule has 1 N–H and O–H groups in total. The largest absolute Gasteiger partial charge is 0.379 e. The van der Waals surface area contributed by atoms with Crippen molar-refractivity contribution in [1.29, 1.82) is 0 Å². The van der Waals surface area contributed by atoms with Crippen molar-refractivity contribution in [2.24, 2.45) is 13.0 Å². The molecule has 35 heavy (non-hydrogen) atoms. The Hall–Kier alpha value is -3.18. The number of nitrogens with one attached hydrogen (secondary N) is 1. The van der Waals surface area contributed by atoms with Gasteiger partial charge in [0.1, 0.15) is 0 Å². The van der Waals surface area contributed by atoms with Crippen LogP contribution in [0.25, 0.3) is 10.9 Å². The van der Waals surface area contributed by atoms with Crippen LogP contribution in [0.4, 0.5) is 0 Å². The molecule has 7 nitrogen and oxygen atoms in total. The fourth-order valence-electron chi connectivity index (χ4n) is 4.22. The van der Waals surface area contributed by atoms with Crippen molar-refractivity contribution in [1.82, 2.24) is 20.0 Å². The number of hydrogen-bond acceptors (Lipinski definition) is 5. The number of aromatic nitrogens is 2. The number of aryl methyl sites for hydroxylation is 1. The molecule has 0 atom stereocenters. The van der Waals surface area contributed by atoms with Crippen LogP contribution in [-0.4, -0.2) is 46.9 Å². The van der Waals surface area contributed by atoms with Gasteiger partial charge in [0, 0.05) is 44.2 Å². The van der Waals surface area contributed by atoms with Crippen molar-refractivity contribution in [2.75, 3.05) is 26.3 Å². The molecule has 1 saturated heterocycles. The van der Waals surface area contributed by atoms with Gasteiger partial charge in [-0.05, 0) is 48.2 Å². The van der Waals surface area contributed by atoms with Crippen LogP contribution in [0.3, 0.4) is 0 Å². The molecule has 180 valence electrons. The molecule has 2 aliphatic rings. The van der Waals surface area contributed by atoms with E-state index in [0.717, 1.165) is 42.6 Å². The van der Waals surface area contributed by atoms with Crippen LogP contribution in [0.15, 0.2) is 41.2 Å². The van der Waals surface area contributed by atoms with Gasteiger partial charge in [0.25, 0.3) is 5.91 Å². The van der Waals surface area contributed by atoms with Crippen molar-refractivity contribution in [3.63, 3.8) is 0 Å². The predicted octanol–water partition coefficient (Wildman–Crippen LogP) is 3.11. The molecule has 8 heteroatoms. The van der Waals surface area contributed by atoms with Gasteiger partial charge in [0.15, 0.2) is 5.69 Å². The Balaban J connectivity index is 1.50. The SMILES string of the molecule is Cn1nc(C(=O)NCc2ccc(Cl)cc2)c(=O)c2cc(CN3CCOCC3)cc(C#CC3CC3)c21. The highest BCUT2D eigenvalue weighted by atomic mass is 35.5. The molecule has 1 aromatic heterocycles. The zero-order chi connectivity index (χ0) is 24.4. The van der Waals surface area contributed by atoms with E-state index in [4.69, 9.17) is 16.3 Å². The summed E-state index contributed by atoms with van der Waals surface area (Å²) in [4.78, 5) is 28.7. The van der Waals surface area contributed by atoms with Gasteiger partial charge in [0.2, 0.25) is 5.43 Å². The van der Waals surface area contributed by atoms with E-state index in [-0.39, 0.29) is 17.7 Å². The van der Waals surface area contributed by atoms with E-state index in [0.29, 0.717) is 41.6 Å². The molecular weight excluding hydrogens is 464 g/mol. The molecule has 1 amide bonds. The molecule has 2 fully saturated rings. The highest BCUT2D eigenvalue weighted by Gasteiger charge is 2.21. The molecule has 3 aromatic rings. The molecule has 0 unspecified atom stereocenters. The Kier molecular flexibility index (Phi) is 6.87. The first-order valence-corrected chi connectivity index (χ1v) is 12.2. The van der Waals surface area contributed by atoms with Crippen molar-refractivity contribution in [3.05, 3.63) is 74.0 Å². The lowest BCUT2D eigenvalue weighted by molar-refractivity contribution is 0.0342. The fraction of sp³-hybridized carbons (Fsp3) is 0.370. The quantitative estimate of drug-likeness (QED) is 0.556. The molecule has 2 aromatic carbocycles. The third kappa shape index (κ3) is 5.57. The Labute approximate surface area is 209 Å². The molecule has 0 spiro atoms. The number of amides is 1. The summed E-state index contributed by atoms with van der Waals surface area (Å²) in [6, 6.07) is 11.1. The summed E-state index contributed by atoms with van der Waals surface area (Å²) in [5.41, 5.74) is 2.80. The molecule has 1 aliphatic heterocycles. The molecular formula is C27H27ClN4O3. The topological polar surface area (TPSA) is 76.5 Å². The van der Waals surface area contributed by atoms with Gasteiger partial charge >= 0.3 is 0 Å². The molecule has 0 radical (unpaired) electrons. The van der Waals surface area contributed by atoms with Crippen LogP contribution in [-0.2, 0) is 24.9 Å². The molecule has 1 saturated carbocycles. The van der Waals surface area contributed by atoms with E-state index >= 15 is 0 Å². The number of carbonyl (C=O) groups is 1. The van der Waals surface area contributed by atoms with Crippen molar-refractivity contribution >= 4 is 28.4 Å². The maximum atomic E-state index is 13.5. The lowest BCUT2D eigenvalue weighted by atomic mass is 10.0. The highest BCUT2D eigenvalue weighted by Crippen LogP contribution is 2.28. The molecule has 0 bridgehead atoms. The molecule has 5 rings (SSSR count). The first kappa shape index (κ1) is 23.6. The van der Waals surface area contributed by atoms with E-state index in [9.17, 15) is 9.59 Å². The maximum absolute atomic E-state index is 13.5. The minimum Gasteiger partial charge on any atom is -0.379 e. The van der Waals surface area contributed by atoms with Crippen LogP contribution in [0.2, 0.25) is 5.02 Å². The monoisotopic (exact) mass is 490 g/mol. The third-order valence-electron chi connectivity index (χ3n) is 6.28. The van der Waals surface area contributed by atoms with Crippen LogP contribution < -0.4 is 10.7 Å². The van der Waals surface area contributed by atoms with Gasteiger partial charge in [-0.15, -0.1) is 0 Å². The normalized spacial score (nSPS) is 16.1. The summed E-state index contributed by atoms with van der Waals surface area (Å²) < 4.78 is 7.06. The zero-order valence-electron chi connectivity index (χ0n) is 19.6. The van der Waals surface area contributed by atoms with E-state index in [1.807, 2.05) is 18.2 Å². The third-order valence-corrected chi connectivity index (χ3v) is 6.53. The predicted molar refractivity (Wildman–Crippen MR) is 135 cm³/mol. The Bertz CT molecular complexity index is 1380. The maximum Gasteiger partial charge on any atom is 0.276 e. The van der Waals surface area contributed by atoms with Gasteiger partial charge in [-0.25, -0.2) is 0 Å². The second-order valence-corrected chi connectivity index (χ2v) is 9.52. The summed E-state index contributed by atoms with van der Waals surface area (Å²) in [5, 5.41) is 8.24. The van der Waals surface area contributed by atoms with Crippen LogP contribution in [0.5, 0.6) is 0 Å². The lowest BCUT2D eigenvalue weighted by Gasteiger charge is -2.26. The van der Waals surface area contributed by atoms with Crippen LogP contribution in [0.1, 0.15) is 40.0 Å². The fourth-order valence-corrected chi connectivity index (χ4v) is 4.34. The van der Waals surface area contributed by atoms with Gasteiger partial charge in [-0.1, -0.05) is 35.6 Å². The summed E-state index contributed by atoms with van der Waals surface area (Å²) in [6.45, 7) is 4.05. The Morgan fingerprint density at radius 1 is 1.17 bits per heavy atom. The number of halogens is 1. The lowest BCUT2D eigenvalue weighted by Crippen LogP contribution is -2.35. The number of hydrogen-bond donors (Lipinski definition) is 1. The summed E-state index contributed by atoms with van der Waals surface area (Å²) >= 11 is 5.93. The number of nitrogens with zero attached hydrogens (tertiary/aromatic N) is 3. The molecule has 1 aliphatic carbocycles. The van der Waals surface area contributed by atoms with Gasteiger partial charge in [-0.2, -0.15) is 5.10 Å². The first-order chi connectivity index (χ1) is 17.0. The number of carbonyl (C=O) groups excluding carboxylic acids is 1.